The summed E-state index contributed by atoms with van der Waals surface area (Å²) in [5.74, 6) is -0.301. The number of hydrogen-bond acceptors (Lipinski definition) is 5. The predicted molar refractivity (Wildman–Crippen MR) is 137 cm³/mol. The maximum absolute atomic E-state index is 13.5. The number of hydrazone groups is 1. The Morgan fingerprint density at radius 1 is 1.11 bits per heavy atom. The van der Waals surface area contributed by atoms with Crippen LogP contribution in [0.2, 0.25) is 0 Å². The number of rotatable bonds is 5. The molecule has 37 heavy (non-hydrogen) atoms. The number of carbonyl (C=O) groups is 3. The Morgan fingerprint density at radius 2 is 1.89 bits per heavy atom. The molecule has 0 saturated carbocycles. The molecule has 8 nitrogen and oxygen atoms in total. The Bertz CT molecular complexity index is 1430. The van der Waals surface area contributed by atoms with Crippen molar-refractivity contribution in [3.05, 3.63) is 94.4 Å². The van der Waals surface area contributed by atoms with E-state index in [0.717, 1.165) is 46.6 Å². The van der Waals surface area contributed by atoms with E-state index in [9.17, 15) is 14.4 Å². The molecule has 2 atom stereocenters. The van der Waals surface area contributed by atoms with Crippen LogP contribution in [-0.2, 0) is 28.0 Å². The minimum atomic E-state index is -1.23. The first-order valence-electron chi connectivity index (χ1n) is 12.6. The van der Waals surface area contributed by atoms with Crippen molar-refractivity contribution in [3.8, 4) is 0 Å². The summed E-state index contributed by atoms with van der Waals surface area (Å²) in [6.45, 7) is 3.30. The van der Waals surface area contributed by atoms with Gasteiger partial charge in [0.05, 0.1) is 12.0 Å². The van der Waals surface area contributed by atoms with Crippen LogP contribution >= 0.6 is 0 Å². The summed E-state index contributed by atoms with van der Waals surface area (Å²) in [7, 11) is 0. The molecular formula is C29H28N4O4. The van der Waals surface area contributed by atoms with Crippen LogP contribution in [0.4, 0.5) is 4.79 Å². The predicted octanol–water partition coefficient (Wildman–Crippen LogP) is 4.22. The lowest BCUT2D eigenvalue weighted by Crippen LogP contribution is -2.43. The Morgan fingerprint density at radius 3 is 2.65 bits per heavy atom. The lowest BCUT2D eigenvalue weighted by molar-refractivity contribution is -0.140. The van der Waals surface area contributed by atoms with Gasteiger partial charge >= 0.3 is 6.03 Å². The first kappa shape index (κ1) is 23.2. The maximum Gasteiger partial charge on any atom is 0.325 e. The number of urea groups is 1. The van der Waals surface area contributed by atoms with Crippen molar-refractivity contribution in [1.82, 2.24) is 15.2 Å². The van der Waals surface area contributed by atoms with Crippen LogP contribution < -0.4 is 5.32 Å². The topological polar surface area (TPSA) is 95.2 Å². The highest BCUT2D eigenvalue weighted by molar-refractivity contribution is 6.09. The number of imide groups is 1. The SMILES string of the molecule is Cc1ccc(C2=NN(C(=O)CN3C(=O)N[C@@](C)(c4ccc5c(c4)CCC5)C3=O)[C@@H](c3ccco3)C2)cc1. The van der Waals surface area contributed by atoms with Gasteiger partial charge in [-0.25, -0.2) is 9.80 Å². The minimum absolute atomic E-state index is 0.410. The molecule has 188 valence electrons. The van der Waals surface area contributed by atoms with Crippen LogP contribution in [0.3, 0.4) is 0 Å². The van der Waals surface area contributed by atoms with Gasteiger partial charge in [-0.15, -0.1) is 0 Å². The third kappa shape index (κ3) is 3.93. The van der Waals surface area contributed by atoms with E-state index in [0.29, 0.717) is 12.2 Å². The first-order chi connectivity index (χ1) is 17.8. The zero-order valence-electron chi connectivity index (χ0n) is 20.9. The van der Waals surface area contributed by atoms with Gasteiger partial charge in [-0.1, -0.05) is 48.0 Å². The van der Waals surface area contributed by atoms with E-state index in [4.69, 9.17) is 4.42 Å². The number of nitrogens with zero attached hydrogens (tertiary/aromatic N) is 3. The van der Waals surface area contributed by atoms with Crippen LogP contribution in [0, 0.1) is 6.92 Å². The molecule has 6 rings (SSSR count). The molecule has 8 heteroatoms. The van der Waals surface area contributed by atoms with E-state index in [2.05, 4.69) is 10.4 Å². The average Bonchev–Trinajstić information content (AvgIpc) is 3.68. The second-order valence-corrected chi connectivity index (χ2v) is 10.2. The number of benzene rings is 2. The average molecular weight is 497 g/mol. The van der Waals surface area contributed by atoms with Gasteiger partial charge in [0.15, 0.2) is 0 Å². The smallest absolute Gasteiger partial charge is 0.325 e. The molecule has 0 unspecified atom stereocenters. The molecule has 2 aliphatic heterocycles. The van der Waals surface area contributed by atoms with E-state index in [1.54, 1.807) is 25.3 Å². The summed E-state index contributed by atoms with van der Waals surface area (Å²) in [6, 6.07) is 16.4. The van der Waals surface area contributed by atoms with Crippen LogP contribution in [0.5, 0.6) is 0 Å². The fraction of sp³-hybridized carbons (Fsp3) is 0.310. The Labute approximate surface area is 214 Å². The van der Waals surface area contributed by atoms with Crippen LogP contribution in [0.15, 0.2) is 70.4 Å². The second kappa shape index (κ2) is 8.73. The fourth-order valence-electron chi connectivity index (χ4n) is 5.49. The number of hydrogen-bond donors (Lipinski definition) is 1. The fourth-order valence-corrected chi connectivity index (χ4v) is 5.49. The molecule has 0 bridgehead atoms. The third-order valence-electron chi connectivity index (χ3n) is 7.67. The molecule has 0 radical (unpaired) electrons. The molecule has 1 saturated heterocycles. The Kier molecular flexibility index (Phi) is 5.47. The standard InChI is InChI=1S/C29H28N4O4/c1-18-8-10-20(11-9-18)23-16-24(25-7-4-14-37-25)33(31-23)26(34)17-32-27(35)29(2,30-28(32)36)22-13-12-19-5-3-6-21(19)15-22/h4,7-15,24H,3,5-6,16-17H2,1-2H3,(H,30,36)/t24-,29+/m1/s1. The minimum Gasteiger partial charge on any atom is -0.467 e. The van der Waals surface area contributed by atoms with Gasteiger partial charge < -0.3 is 9.73 Å². The highest BCUT2D eigenvalue weighted by Crippen LogP contribution is 2.35. The molecule has 3 aliphatic rings. The van der Waals surface area contributed by atoms with Crippen molar-refractivity contribution in [2.75, 3.05) is 6.54 Å². The zero-order chi connectivity index (χ0) is 25.7. The maximum atomic E-state index is 13.5. The molecule has 1 N–H and O–H groups in total. The summed E-state index contributed by atoms with van der Waals surface area (Å²) < 4.78 is 5.61. The molecule has 3 heterocycles. The van der Waals surface area contributed by atoms with Crippen molar-refractivity contribution in [1.29, 1.82) is 0 Å². The van der Waals surface area contributed by atoms with Crippen molar-refractivity contribution in [3.63, 3.8) is 0 Å². The summed E-state index contributed by atoms with van der Waals surface area (Å²) in [4.78, 5) is 41.0. The molecule has 3 aromatic rings. The van der Waals surface area contributed by atoms with Gasteiger partial charge in [0.1, 0.15) is 23.9 Å². The highest BCUT2D eigenvalue weighted by Gasteiger charge is 2.50. The number of amides is 4. The van der Waals surface area contributed by atoms with E-state index in [1.807, 2.05) is 49.4 Å². The van der Waals surface area contributed by atoms with E-state index < -0.39 is 36.0 Å². The van der Waals surface area contributed by atoms with E-state index >= 15 is 0 Å². The zero-order valence-corrected chi connectivity index (χ0v) is 20.9. The monoisotopic (exact) mass is 496 g/mol. The van der Waals surface area contributed by atoms with E-state index in [-0.39, 0.29) is 0 Å². The van der Waals surface area contributed by atoms with Crippen molar-refractivity contribution in [2.24, 2.45) is 5.10 Å². The van der Waals surface area contributed by atoms with Crippen molar-refractivity contribution < 1.29 is 18.8 Å². The van der Waals surface area contributed by atoms with Crippen molar-refractivity contribution in [2.45, 2.75) is 51.1 Å². The van der Waals surface area contributed by atoms with Crippen LogP contribution in [0.1, 0.15) is 59.4 Å². The van der Waals surface area contributed by atoms with Gasteiger partial charge in [0.25, 0.3) is 11.8 Å². The summed E-state index contributed by atoms with van der Waals surface area (Å²) >= 11 is 0. The normalized spacial score (nSPS) is 22.9. The van der Waals surface area contributed by atoms with Gasteiger partial charge in [-0.2, -0.15) is 5.10 Å². The summed E-state index contributed by atoms with van der Waals surface area (Å²) in [5.41, 5.74) is 4.80. The quantitative estimate of drug-likeness (QED) is 0.535. The highest BCUT2D eigenvalue weighted by atomic mass is 16.3. The van der Waals surface area contributed by atoms with Crippen LogP contribution in [-0.4, -0.2) is 40.0 Å². The molecule has 0 spiro atoms. The lowest BCUT2D eigenvalue weighted by Gasteiger charge is -2.24. The number of carbonyl (C=O) groups excluding carboxylic acids is 3. The lowest BCUT2D eigenvalue weighted by atomic mass is 9.89. The van der Waals surface area contributed by atoms with Crippen LogP contribution in [0.25, 0.3) is 0 Å². The summed E-state index contributed by atoms with van der Waals surface area (Å²) in [5, 5.41) is 8.79. The molecule has 1 aliphatic carbocycles. The number of fused-ring (bicyclic) bond motifs is 1. The number of nitrogens with one attached hydrogen (secondary N) is 1. The summed E-state index contributed by atoms with van der Waals surface area (Å²) in [6.07, 6.45) is 5.11. The van der Waals surface area contributed by atoms with Gasteiger partial charge in [0, 0.05) is 6.42 Å². The van der Waals surface area contributed by atoms with E-state index in [1.165, 1.54) is 16.1 Å². The first-order valence-corrected chi connectivity index (χ1v) is 12.6. The molecule has 4 amide bonds. The Balaban J connectivity index is 1.26. The molecular weight excluding hydrogens is 468 g/mol. The molecule has 2 aromatic carbocycles. The number of furan rings is 1. The second-order valence-electron chi connectivity index (χ2n) is 10.2. The largest absolute Gasteiger partial charge is 0.467 e. The molecule has 1 aromatic heterocycles. The van der Waals surface area contributed by atoms with Crippen molar-refractivity contribution >= 4 is 23.6 Å². The third-order valence-corrected chi connectivity index (χ3v) is 7.67. The number of aryl methyl sites for hydroxylation is 3. The van der Waals surface area contributed by atoms with Gasteiger partial charge in [-0.3, -0.25) is 14.5 Å². The van der Waals surface area contributed by atoms with Gasteiger partial charge in [-0.05, 0) is 67.5 Å². The Hall–Kier alpha value is -4.20. The van der Waals surface area contributed by atoms with Gasteiger partial charge in [0.2, 0.25) is 0 Å². The molecule has 1 fully saturated rings.